The zero-order valence-electron chi connectivity index (χ0n) is 19.5. The fourth-order valence-electron chi connectivity index (χ4n) is 4.31. The first-order valence-corrected chi connectivity index (χ1v) is 13.8. The third-order valence-electron chi connectivity index (χ3n) is 6.29. The molecule has 1 aliphatic heterocycles. The van der Waals surface area contributed by atoms with Crippen LogP contribution in [0.15, 0.2) is 47.5 Å². The third-order valence-corrected chi connectivity index (χ3v) is 7.99. The summed E-state index contributed by atoms with van der Waals surface area (Å²) < 4.78 is 47.8. The maximum absolute atomic E-state index is 14.5. The number of aromatic nitrogens is 1. The average molecular weight is 524 g/mol. The standard InChI is InChI=1S/C25H31ClFN3O4S/c26-19-4-6-24-22(15-19)18(17-28-24)3-1-10-29-35(32,33)21-5-7-25(23(27)16-21)34-14-2-11-30-12-8-20(31)9-13-30/h4-7,15-17,20,28-29,31H,1-3,8-14H2. The topological polar surface area (TPSA) is 94.7 Å². The van der Waals surface area contributed by atoms with Crippen molar-refractivity contribution in [1.29, 1.82) is 0 Å². The second kappa shape index (κ2) is 11.7. The summed E-state index contributed by atoms with van der Waals surface area (Å²) in [6, 6.07) is 9.32. The zero-order valence-corrected chi connectivity index (χ0v) is 21.0. The van der Waals surface area contributed by atoms with E-state index in [2.05, 4.69) is 14.6 Å². The van der Waals surface area contributed by atoms with Gasteiger partial charge in [0.25, 0.3) is 0 Å². The fourth-order valence-corrected chi connectivity index (χ4v) is 5.56. The Morgan fingerprint density at radius 2 is 1.97 bits per heavy atom. The van der Waals surface area contributed by atoms with Gasteiger partial charge < -0.3 is 19.7 Å². The number of hydrogen-bond acceptors (Lipinski definition) is 5. The third kappa shape index (κ3) is 6.95. The first-order valence-electron chi connectivity index (χ1n) is 11.9. The van der Waals surface area contributed by atoms with Crippen molar-refractivity contribution in [3.05, 3.63) is 59.0 Å². The molecule has 1 aromatic heterocycles. The van der Waals surface area contributed by atoms with E-state index in [4.69, 9.17) is 16.3 Å². The van der Waals surface area contributed by atoms with Gasteiger partial charge in [0.15, 0.2) is 11.6 Å². The second-order valence-corrected chi connectivity index (χ2v) is 11.1. The Morgan fingerprint density at radius 3 is 2.74 bits per heavy atom. The van der Waals surface area contributed by atoms with Gasteiger partial charge in [0.2, 0.25) is 10.0 Å². The summed E-state index contributed by atoms with van der Waals surface area (Å²) in [5.74, 6) is -0.666. The highest BCUT2D eigenvalue weighted by atomic mass is 35.5. The maximum atomic E-state index is 14.5. The highest BCUT2D eigenvalue weighted by Gasteiger charge is 2.18. The molecule has 3 N–H and O–H groups in total. The number of fused-ring (bicyclic) bond motifs is 1. The number of ether oxygens (including phenoxy) is 1. The van der Waals surface area contributed by atoms with Crippen LogP contribution in [0.4, 0.5) is 4.39 Å². The molecule has 190 valence electrons. The highest BCUT2D eigenvalue weighted by Crippen LogP contribution is 2.24. The van der Waals surface area contributed by atoms with E-state index in [9.17, 15) is 17.9 Å². The van der Waals surface area contributed by atoms with Crippen molar-refractivity contribution in [2.45, 2.75) is 43.1 Å². The molecule has 3 aromatic rings. The number of aromatic amines is 1. The Morgan fingerprint density at radius 1 is 1.17 bits per heavy atom. The Kier molecular flexibility index (Phi) is 8.67. The molecule has 0 amide bonds. The van der Waals surface area contributed by atoms with E-state index in [-0.39, 0.29) is 23.3 Å². The van der Waals surface area contributed by atoms with Gasteiger partial charge in [-0.3, -0.25) is 0 Å². The summed E-state index contributed by atoms with van der Waals surface area (Å²) in [5.41, 5.74) is 2.04. The van der Waals surface area contributed by atoms with Crippen molar-refractivity contribution in [2.75, 3.05) is 32.8 Å². The number of rotatable bonds is 11. The number of nitrogens with zero attached hydrogens (tertiary/aromatic N) is 1. The summed E-state index contributed by atoms with van der Waals surface area (Å²) in [4.78, 5) is 5.30. The van der Waals surface area contributed by atoms with E-state index in [1.807, 2.05) is 24.4 Å². The number of aliphatic hydroxyl groups excluding tert-OH is 1. The van der Waals surface area contributed by atoms with Crippen LogP contribution in [0.3, 0.4) is 0 Å². The summed E-state index contributed by atoms with van der Waals surface area (Å²) >= 11 is 6.08. The van der Waals surface area contributed by atoms with Crippen LogP contribution in [-0.2, 0) is 16.4 Å². The number of hydrogen-bond donors (Lipinski definition) is 3. The first-order chi connectivity index (χ1) is 16.8. The van der Waals surface area contributed by atoms with Crippen molar-refractivity contribution in [3.63, 3.8) is 0 Å². The van der Waals surface area contributed by atoms with Gasteiger partial charge in [0.05, 0.1) is 17.6 Å². The molecule has 0 bridgehead atoms. The molecule has 0 saturated carbocycles. The predicted octanol–water partition coefficient (Wildman–Crippen LogP) is 4.10. The summed E-state index contributed by atoms with van der Waals surface area (Å²) in [7, 11) is -3.84. The molecule has 7 nitrogen and oxygen atoms in total. The van der Waals surface area contributed by atoms with E-state index in [0.717, 1.165) is 61.4 Å². The van der Waals surface area contributed by atoms with Crippen molar-refractivity contribution in [2.24, 2.45) is 0 Å². The van der Waals surface area contributed by atoms with Crippen LogP contribution in [0.5, 0.6) is 5.75 Å². The van der Waals surface area contributed by atoms with Crippen LogP contribution in [0, 0.1) is 5.82 Å². The molecule has 4 rings (SSSR count). The van der Waals surface area contributed by atoms with Crippen LogP contribution in [0.1, 0.15) is 31.2 Å². The molecule has 2 aromatic carbocycles. The predicted molar refractivity (Wildman–Crippen MR) is 135 cm³/mol. The molecule has 1 fully saturated rings. The second-order valence-electron chi connectivity index (χ2n) is 8.87. The molecular formula is C25H31ClFN3O4S. The van der Waals surface area contributed by atoms with Gasteiger partial charge in [-0.2, -0.15) is 0 Å². The van der Waals surface area contributed by atoms with Gasteiger partial charge in [-0.1, -0.05) is 11.6 Å². The number of halogens is 2. The van der Waals surface area contributed by atoms with Crippen LogP contribution >= 0.6 is 11.6 Å². The molecule has 0 unspecified atom stereocenters. The van der Waals surface area contributed by atoms with Gasteiger partial charge in [-0.05, 0) is 74.1 Å². The van der Waals surface area contributed by atoms with Crippen molar-refractivity contribution in [1.82, 2.24) is 14.6 Å². The Labute approximate surface area is 210 Å². The molecule has 0 atom stereocenters. The molecule has 10 heteroatoms. The molecule has 1 aliphatic rings. The molecular weight excluding hydrogens is 493 g/mol. The van der Waals surface area contributed by atoms with Gasteiger partial charge in [-0.15, -0.1) is 0 Å². The number of nitrogens with one attached hydrogen (secondary N) is 2. The molecule has 35 heavy (non-hydrogen) atoms. The normalized spacial score (nSPS) is 15.6. The number of aliphatic hydroxyl groups is 1. The number of likely N-dealkylation sites (tertiary alicyclic amines) is 1. The van der Waals surface area contributed by atoms with Gasteiger partial charge >= 0.3 is 0 Å². The van der Waals surface area contributed by atoms with Crippen LogP contribution in [-0.4, -0.2) is 62.3 Å². The van der Waals surface area contributed by atoms with Gasteiger partial charge in [0, 0.05) is 48.3 Å². The van der Waals surface area contributed by atoms with Crippen LogP contribution in [0.2, 0.25) is 5.02 Å². The Hall–Kier alpha value is -2.17. The number of H-pyrrole nitrogens is 1. The smallest absolute Gasteiger partial charge is 0.240 e. The quantitative estimate of drug-likeness (QED) is 0.329. The number of aryl methyl sites for hydroxylation is 1. The molecule has 2 heterocycles. The minimum absolute atomic E-state index is 0.0380. The van der Waals surface area contributed by atoms with Crippen molar-refractivity contribution >= 4 is 32.5 Å². The maximum Gasteiger partial charge on any atom is 0.240 e. The van der Waals surface area contributed by atoms with E-state index in [1.54, 1.807) is 0 Å². The van der Waals surface area contributed by atoms with Gasteiger partial charge in [-0.25, -0.2) is 17.5 Å². The van der Waals surface area contributed by atoms with Crippen molar-refractivity contribution in [3.8, 4) is 5.75 Å². The number of sulfonamides is 1. The highest BCUT2D eigenvalue weighted by molar-refractivity contribution is 7.89. The van der Waals surface area contributed by atoms with E-state index < -0.39 is 15.8 Å². The Balaban J connectivity index is 1.23. The fraction of sp³-hybridized carbons (Fsp3) is 0.440. The lowest BCUT2D eigenvalue weighted by atomic mass is 10.1. The van der Waals surface area contributed by atoms with E-state index in [0.29, 0.717) is 24.5 Å². The van der Waals surface area contributed by atoms with Crippen LogP contribution < -0.4 is 9.46 Å². The lowest BCUT2D eigenvalue weighted by Gasteiger charge is -2.29. The summed E-state index contributed by atoms with van der Waals surface area (Å²) in [5, 5.41) is 11.2. The number of piperidine rings is 1. The molecule has 0 aliphatic carbocycles. The summed E-state index contributed by atoms with van der Waals surface area (Å²) in [6.45, 7) is 3.08. The summed E-state index contributed by atoms with van der Waals surface area (Å²) in [6.07, 6.45) is 5.22. The van der Waals surface area contributed by atoms with E-state index >= 15 is 0 Å². The monoisotopic (exact) mass is 523 g/mol. The van der Waals surface area contributed by atoms with E-state index in [1.165, 1.54) is 12.1 Å². The first kappa shape index (κ1) is 25.9. The van der Waals surface area contributed by atoms with Crippen LogP contribution in [0.25, 0.3) is 10.9 Å². The average Bonchev–Trinajstić information content (AvgIpc) is 3.23. The molecule has 1 saturated heterocycles. The molecule has 0 radical (unpaired) electrons. The minimum atomic E-state index is -3.84. The lowest BCUT2D eigenvalue weighted by molar-refractivity contribution is 0.0799. The Bertz CT molecular complexity index is 1240. The van der Waals surface area contributed by atoms with Gasteiger partial charge in [0.1, 0.15) is 0 Å². The molecule has 0 spiro atoms. The zero-order chi connectivity index (χ0) is 24.8. The SMILES string of the molecule is O=S(=O)(NCCCc1c[nH]c2ccc(Cl)cc12)c1ccc(OCCCN2CCC(O)CC2)c(F)c1. The minimum Gasteiger partial charge on any atom is -0.490 e. The number of benzene rings is 2. The van der Waals surface area contributed by atoms with Crippen molar-refractivity contribution < 1.29 is 22.7 Å². The lowest BCUT2D eigenvalue weighted by Crippen LogP contribution is -2.36. The largest absolute Gasteiger partial charge is 0.490 e.